The molecule has 0 saturated heterocycles. The summed E-state index contributed by atoms with van der Waals surface area (Å²) in [6.07, 6.45) is 65.2. The molecule has 0 rings (SSSR count). The Morgan fingerprint density at radius 3 is 0.654 bits per heavy atom. The van der Waals surface area contributed by atoms with E-state index >= 15 is 0 Å². The van der Waals surface area contributed by atoms with E-state index in [1.807, 2.05) is 0 Å². The van der Waals surface area contributed by atoms with Gasteiger partial charge in [0, 0.05) is 25.7 Å². The lowest BCUT2D eigenvalue weighted by molar-refractivity contribution is -0.161. The second kappa shape index (κ2) is 75.1. The Hall–Kier alpha value is -1.94. The van der Waals surface area contributed by atoms with Gasteiger partial charge in [0.25, 0.3) is 0 Å². The number of aliphatic hydroxyl groups excluding tert-OH is 1. The lowest BCUT2D eigenvalue weighted by Crippen LogP contribution is -2.30. The molecule has 0 radical (unpaired) electrons. The quantitative estimate of drug-likeness (QED) is 0.0222. The fraction of sp³-hybridized carbons (Fsp3) is 0.953. The lowest BCUT2D eigenvalue weighted by atomic mass is 10.0. The van der Waals surface area contributed by atoms with Gasteiger partial charge < -0.3 is 33.8 Å². The Morgan fingerprint density at radius 2 is 0.442 bits per heavy atom. The van der Waals surface area contributed by atoms with Gasteiger partial charge in [-0.25, -0.2) is 9.13 Å². The third-order valence-corrected chi connectivity index (χ3v) is 21.8. The van der Waals surface area contributed by atoms with Gasteiger partial charge in [-0.2, -0.15) is 0 Å². The molecule has 0 aromatic rings. The lowest BCUT2D eigenvalue weighted by Gasteiger charge is -2.21. The molecule has 0 aliphatic rings. The van der Waals surface area contributed by atoms with Gasteiger partial charge in [0.15, 0.2) is 12.2 Å². The summed E-state index contributed by atoms with van der Waals surface area (Å²) in [5.74, 6) is 0.266. The van der Waals surface area contributed by atoms with E-state index in [9.17, 15) is 43.2 Å². The molecule has 0 fully saturated rings. The fourth-order valence-corrected chi connectivity index (χ4v) is 14.8. The molecule has 2 unspecified atom stereocenters. The topological polar surface area (TPSA) is 237 Å². The minimum atomic E-state index is -4.97. The summed E-state index contributed by atoms with van der Waals surface area (Å²) in [6, 6.07) is 0. The molecule has 0 aromatic heterocycles. The first kappa shape index (κ1) is 102. The van der Waals surface area contributed by atoms with Crippen molar-refractivity contribution in [2.75, 3.05) is 39.6 Å². The van der Waals surface area contributed by atoms with Crippen LogP contribution in [0.3, 0.4) is 0 Å². The first-order valence-corrected chi connectivity index (χ1v) is 46.8. The minimum Gasteiger partial charge on any atom is -0.462 e. The highest BCUT2D eigenvalue weighted by Gasteiger charge is 2.30. The zero-order valence-electron chi connectivity index (χ0n) is 68.5. The predicted molar refractivity (Wildman–Crippen MR) is 428 cm³/mol. The number of carbonyl (C=O) groups excluding carboxylic acids is 4. The summed E-state index contributed by atoms with van der Waals surface area (Å²) < 4.78 is 68.9. The molecule has 3 N–H and O–H groups in total. The van der Waals surface area contributed by atoms with Crippen LogP contribution in [0.5, 0.6) is 0 Å². The van der Waals surface area contributed by atoms with Crippen LogP contribution in [0.25, 0.3) is 0 Å². The molecule has 5 atom stereocenters. The smallest absolute Gasteiger partial charge is 0.462 e. The number of aliphatic hydroxyl groups is 1. The van der Waals surface area contributed by atoms with E-state index in [4.69, 9.17) is 37.0 Å². The Labute approximate surface area is 638 Å². The molecule has 0 aliphatic heterocycles. The average molecular weight is 1520 g/mol. The summed E-state index contributed by atoms with van der Waals surface area (Å²) in [4.78, 5) is 73.2. The molecule has 0 aromatic carbocycles. The highest BCUT2D eigenvalue weighted by atomic mass is 31.2. The van der Waals surface area contributed by atoms with Crippen molar-refractivity contribution in [3.8, 4) is 0 Å². The van der Waals surface area contributed by atoms with Gasteiger partial charge in [-0.15, -0.1) is 0 Å². The largest absolute Gasteiger partial charge is 0.472 e. The van der Waals surface area contributed by atoms with E-state index in [1.54, 1.807) is 0 Å². The van der Waals surface area contributed by atoms with E-state index in [1.165, 1.54) is 257 Å². The molecular formula is C85H166O17P2. The van der Waals surface area contributed by atoms with Gasteiger partial charge in [-0.05, 0) is 43.4 Å². The number of carbonyl (C=O) groups is 4. The monoisotopic (exact) mass is 1520 g/mol. The minimum absolute atomic E-state index is 0.107. The third-order valence-electron chi connectivity index (χ3n) is 19.9. The molecule has 17 nitrogen and oxygen atoms in total. The molecule has 618 valence electrons. The Balaban J connectivity index is 5.24. The van der Waals surface area contributed by atoms with Gasteiger partial charge in [-0.1, -0.05) is 395 Å². The SMILES string of the molecule is CCCCCCCCCCCCCCCC(=O)O[C@H](COC(=O)CCCCCCCCCCCC(C)C)COP(=O)(O)OC[C@H](O)COP(=O)(O)OC[C@@H](COC(=O)CCCCCCCCCCCCCCCCCC(C)C)OC(=O)CCCCCCCCCCCCCCCCCCCCC(C)C. The van der Waals surface area contributed by atoms with Crippen LogP contribution >= 0.6 is 15.6 Å². The maximum Gasteiger partial charge on any atom is 0.472 e. The standard InChI is InChI=1S/C85H166O17P2/c1-8-9-10-11-12-13-14-24-32-39-47-54-61-68-84(89)102-81(73-96-83(88)67-60-53-46-41-34-37-44-51-58-65-78(6)7)75-100-104(93,94)98-71-79(86)70-97-103(91,92)99-74-80(72-95-82(87)66-59-52-45-38-31-27-23-19-21-26-30-36-43-50-57-64-77(4)5)101-85(90)69-62-55-48-40-33-28-22-18-16-15-17-20-25-29-35-42-49-56-63-76(2)3/h76-81,86H,8-75H2,1-7H3,(H,91,92)(H,93,94)/t79-,80-,81-/m1/s1. The number of unbranched alkanes of at least 4 members (excludes halogenated alkanes) is 51. The number of ether oxygens (including phenoxy) is 4. The van der Waals surface area contributed by atoms with Crippen LogP contribution in [0.15, 0.2) is 0 Å². The molecule has 0 spiro atoms. The van der Waals surface area contributed by atoms with Crippen molar-refractivity contribution in [1.82, 2.24) is 0 Å². The Bertz CT molecular complexity index is 2010. The molecule has 0 saturated carbocycles. The predicted octanol–water partition coefficient (Wildman–Crippen LogP) is 25.7. The number of phosphoric ester groups is 2. The first-order valence-electron chi connectivity index (χ1n) is 43.8. The van der Waals surface area contributed by atoms with Crippen LogP contribution in [-0.4, -0.2) is 96.7 Å². The molecule has 0 heterocycles. The van der Waals surface area contributed by atoms with Gasteiger partial charge >= 0.3 is 39.5 Å². The zero-order valence-corrected chi connectivity index (χ0v) is 70.3. The van der Waals surface area contributed by atoms with Gasteiger partial charge in [0.2, 0.25) is 0 Å². The highest BCUT2D eigenvalue weighted by Crippen LogP contribution is 2.45. The highest BCUT2D eigenvalue weighted by molar-refractivity contribution is 7.47. The van der Waals surface area contributed by atoms with E-state index in [0.29, 0.717) is 25.7 Å². The molecular weight excluding hydrogens is 1350 g/mol. The van der Waals surface area contributed by atoms with Crippen molar-refractivity contribution >= 4 is 39.5 Å². The Kier molecular flexibility index (Phi) is 73.7. The van der Waals surface area contributed by atoms with Crippen LogP contribution in [0.4, 0.5) is 0 Å². The van der Waals surface area contributed by atoms with Crippen LogP contribution in [0.2, 0.25) is 0 Å². The number of phosphoric acid groups is 2. The molecule has 0 amide bonds. The van der Waals surface area contributed by atoms with Gasteiger partial charge in [0.1, 0.15) is 19.3 Å². The number of hydrogen-bond donors (Lipinski definition) is 3. The Morgan fingerprint density at radius 1 is 0.260 bits per heavy atom. The molecule has 104 heavy (non-hydrogen) atoms. The van der Waals surface area contributed by atoms with Crippen LogP contribution in [-0.2, 0) is 65.4 Å². The first-order chi connectivity index (χ1) is 50.2. The summed E-state index contributed by atoms with van der Waals surface area (Å²) >= 11 is 0. The van der Waals surface area contributed by atoms with E-state index in [2.05, 4.69) is 48.5 Å². The normalized spacial score (nSPS) is 13.9. The number of hydrogen-bond acceptors (Lipinski definition) is 15. The maximum atomic E-state index is 13.1. The van der Waals surface area contributed by atoms with Crippen LogP contribution in [0, 0.1) is 17.8 Å². The van der Waals surface area contributed by atoms with Crippen LogP contribution in [0.1, 0.15) is 447 Å². The summed E-state index contributed by atoms with van der Waals surface area (Å²) in [5, 5.41) is 10.7. The van der Waals surface area contributed by atoms with Gasteiger partial charge in [-0.3, -0.25) is 37.3 Å². The van der Waals surface area contributed by atoms with Crippen molar-refractivity contribution in [3.63, 3.8) is 0 Å². The number of rotatable bonds is 83. The van der Waals surface area contributed by atoms with Crippen molar-refractivity contribution in [3.05, 3.63) is 0 Å². The summed E-state index contributed by atoms with van der Waals surface area (Å²) in [5.41, 5.74) is 0. The average Bonchev–Trinajstić information content (AvgIpc) is 0.955. The number of esters is 4. The second-order valence-corrected chi connectivity index (χ2v) is 34.9. The maximum absolute atomic E-state index is 13.1. The zero-order chi connectivity index (χ0) is 76.5. The van der Waals surface area contributed by atoms with E-state index in [0.717, 1.165) is 108 Å². The van der Waals surface area contributed by atoms with Crippen LogP contribution < -0.4 is 0 Å². The molecule has 0 aliphatic carbocycles. The van der Waals surface area contributed by atoms with Gasteiger partial charge in [0.05, 0.1) is 26.4 Å². The summed E-state index contributed by atoms with van der Waals surface area (Å²) in [7, 11) is -9.93. The summed E-state index contributed by atoms with van der Waals surface area (Å²) in [6.45, 7) is 12.0. The van der Waals surface area contributed by atoms with E-state index in [-0.39, 0.29) is 25.7 Å². The molecule has 0 bridgehead atoms. The van der Waals surface area contributed by atoms with Crippen molar-refractivity contribution < 1.29 is 80.2 Å². The fourth-order valence-electron chi connectivity index (χ4n) is 13.2. The van der Waals surface area contributed by atoms with Crippen molar-refractivity contribution in [1.29, 1.82) is 0 Å². The van der Waals surface area contributed by atoms with Crippen molar-refractivity contribution in [2.45, 2.75) is 465 Å². The molecule has 19 heteroatoms. The van der Waals surface area contributed by atoms with E-state index < -0.39 is 97.5 Å². The van der Waals surface area contributed by atoms with Crippen molar-refractivity contribution in [2.24, 2.45) is 17.8 Å². The third kappa shape index (κ3) is 78.2. The second-order valence-electron chi connectivity index (χ2n) is 32.0.